The Kier molecular flexibility index (Phi) is 10.3. The summed E-state index contributed by atoms with van der Waals surface area (Å²) in [5.41, 5.74) is 1.18. The maximum absolute atomic E-state index is 5.97. The maximum Gasteiger partial charge on any atom is 0.0883 e. The average molecular weight is 323 g/mol. The topological polar surface area (TPSA) is 9.23 Å². The number of unbranched alkanes of at least 4 members (excludes halogenated alkanes) is 6. The van der Waals surface area contributed by atoms with E-state index in [2.05, 4.69) is 25.6 Å². The third-order valence-corrected chi connectivity index (χ3v) is 4.54. The van der Waals surface area contributed by atoms with Gasteiger partial charge >= 0.3 is 0 Å². The Balaban J connectivity index is 2.40. The van der Waals surface area contributed by atoms with Crippen LogP contribution in [0.4, 0.5) is 0 Å². The number of hydrogen-bond acceptors (Lipinski definition) is 1. The highest BCUT2D eigenvalue weighted by atomic mass is 35.5. The van der Waals surface area contributed by atoms with Crippen LogP contribution in [-0.4, -0.2) is 7.11 Å². The predicted molar refractivity (Wildman–Crippen MR) is 97.5 cm³/mol. The molecule has 0 N–H and O–H groups in total. The van der Waals surface area contributed by atoms with Crippen LogP contribution in [0.25, 0.3) is 0 Å². The summed E-state index contributed by atoms with van der Waals surface area (Å²) < 4.78 is 5.73. The van der Waals surface area contributed by atoms with Gasteiger partial charge in [0.2, 0.25) is 0 Å². The Morgan fingerprint density at radius 2 is 1.64 bits per heavy atom. The lowest BCUT2D eigenvalue weighted by Crippen LogP contribution is -2.13. The third-order valence-electron chi connectivity index (χ3n) is 4.29. The molecular formula is C20H31ClO. The molecule has 0 radical (unpaired) electrons. The number of hydrogen-bond donors (Lipinski definition) is 0. The standard InChI is InChI=1S/C20H31ClO/c1-4-6-7-8-9-10-11-12-17(5-2)20(22-3)18-13-15-19(21)16-14-18/h5,13-17,20H,2,4,6-12H2,1,3H3. The van der Waals surface area contributed by atoms with Crippen molar-refractivity contribution in [3.05, 3.63) is 47.5 Å². The highest BCUT2D eigenvalue weighted by Crippen LogP contribution is 2.31. The Labute approximate surface area is 141 Å². The van der Waals surface area contributed by atoms with E-state index in [-0.39, 0.29) is 6.10 Å². The largest absolute Gasteiger partial charge is 0.376 e. The molecule has 0 aromatic heterocycles. The molecule has 1 aromatic carbocycles. The molecule has 0 heterocycles. The molecule has 0 aliphatic heterocycles. The Morgan fingerprint density at radius 1 is 1.05 bits per heavy atom. The molecule has 0 amide bonds. The lowest BCUT2D eigenvalue weighted by Gasteiger charge is -2.24. The van der Waals surface area contributed by atoms with E-state index < -0.39 is 0 Å². The van der Waals surface area contributed by atoms with Crippen LogP contribution in [0, 0.1) is 5.92 Å². The van der Waals surface area contributed by atoms with Gasteiger partial charge in [0.05, 0.1) is 6.10 Å². The van der Waals surface area contributed by atoms with Crippen molar-refractivity contribution >= 4 is 11.6 Å². The zero-order chi connectivity index (χ0) is 16.2. The van der Waals surface area contributed by atoms with Gasteiger partial charge in [-0.3, -0.25) is 0 Å². The molecule has 0 aliphatic carbocycles. The number of halogens is 1. The van der Waals surface area contributed by atoms with E-state index in [4.69, 9.17) is 16.3 Å². The van der Waals surface area contributed by atoms with E-state index in [0.29, 0.717) is 5.92 Å². The molecule has 2 unspecified atom stereocenters. The number of rotatable bonds is 12. The SMILES string of the molecule is C=CC(CCCCCCCCC)C(OC)c1ccc(Cl)cc1. The highest BCUT2D eigenvalue weighted by Gasteiger charge is 2.19. The first kappa shape index (κ1) is 19.3. The predicted octanol–water partition coefficient (Wildman–Crippen LogP) is 6.97. The van der Waals surface area contributed by atoms with Gasteiger partial charge in [0, 0.05) is 18.1 Å². The van der Waals surface area contributed by atoms with Gasteiger partial charge in [0.1, 0.15) is 0 Å². The van der Waals surface area contributed by atoms with Gasteiger partial charge in [0.15, 0.2) is 0 Å². The first-order chi connectivity index (χ1) is 10.7. The van der Waals surface area contributed by atoms with Crippen molar-refractivity contribution in [1.82, 2.24) is 0 Å². The van der Waals surface area contributed by atoms with Crippen molar-refractivity contribution in [2.45, 2.75) is 64.4 Å². The van der Waals surface area contributed by atoms with Crippen LogP contribution in [0.5, 0.6) is 0 Å². The second-order valence-electron chi connectivity index (χ2n) is 6.02. The average Bonchev–Trinajstić information content (AvgIpc) is 2.54. The van der Waals surface area contributed by atoms with Gasteiger partial charge < -0.3 is 4.74 Å². The molecule has 1 nitrogen and oxygen atoms in total. The van der Waals surface area contributed by atoms with E-state index in [1.54, 1.807) is 7.11 Å². The number of methoxy groups -OCH3 is 1. The van der Waals surface area contributed by atoms with Gasteiger partial charge in [-0.05, 0) is 24.1 Å². The first-order valence-corrected chi connectivity index (χ1v) is 9.01. The van der Waals surface area contributed by atoms with Gasteiger partial charge in [-0.15, -0.1) is 6.58 Å². The molecule has 0 spiro atoms. The summed E-state index contributed by atoms with van der Waals surface area (Å²) in [7, 11) is 1.78. The Hall–Kier alpha value is -0.790. The molecule has 1 rings (SSSR count). The Bertz CT molecular complexity index is 399. The molecule has 0 aliphatic rings. The smallest absolute Gasteiger partial charge is 0.0883 e. The minimum Gasteiger partial charge on any atom is -0.376 e. The molecular weight excluding hydrogens is 292 g/mol. The lowest BCUT2D eigenvalue weighted by atomic mass is 9.90. The van der Waals surface area contributed by atoms with Gasteiger partial charge in [-0.1, -0.05) is 81.7 Å². The van der Waals surface area contributed by atoms with Crippen LogP contribution < -0.4 is 0 Å². The van der Waals surface area contributed by atoms with Crippen molar-refractivity contribution < 1.29 is 4.74 Å². The van der Waals surface area contributed by atoms with E-state index >= 15 is 0 Å². The minimum atomic E-state index is 0.0786. The molecule has 0 saturated heterocycles. The molecule has 2 heteroatoms. The third kappa shape index (κ3) is 6.98. The summed E-state index contributed by atoms with van der Waals surface area (Å²) >= 11 is 5.97. The van der Waals surface area contributed by atoms with Crippen LogP contribution in [0.15, 0.2) is 36.9 Å². The number of benzene rings is 1. The summed E-state index contributed by atoms with van der Waals surface area (Å²) in [6.07, 6.45) is 12.6. The van der Waals surface area contributed by atoms with Crippen molar-refractivity contribution in [3.63, 3.8) is 0 Å². The Morgan fingerprint density at radius 3 is 2.18 bits per heavy atom. The lowest BCUT2D eigenvalue weighted by molar-refractivity contribution is 0.0643. The summed E-state index contributed by atoms with van der Waals surface area (Å²) in [5.74, 6) is 0.363. The molecule has 2 atom stereocenters. The van der Waals surface area contributed by atoms with Crippen molar-refractivity contribution in [2.24, 2.45) is 5.92 Å². The minimum absolute atomic E-state index is 0.0786. The van der Waals surface area contributed by atoms with E-state index in [9.17, 15) is 0 Å². The van der Waals surface area contributed by atoms with E-state index in [0.717, 1.165) is 11.4 Å². The zero-order valence-corrected chi connectivity index (χ0v) is 14.9. The fourth-order valence-electron chi connectivity index (χ4n) is 2.94. The molecule has 0 bridgehead atoms. The van der Waals surface area contributed by atoms with Crippen LogP contribution in [0.2, 0.25) is 5.02 Å². The highest BCUT2D eigenvalue weighted by molar-refractivity contribution is 6.30. The van der Waals surface area contributed by atoms with Gasteiger partial charge in [-0.25, -0.2) is 0 Å². The normalized spacial score (nSPS) is 13.8. The van der Waals surface area contributed by atoms with Gasteiger partial charge in [-0.2, -0.15) is 0 Å². The quantitative estimate of drug-likeness (QED) is 0.298. The summed E-state index contributed by atoms with van der Waals surface area (Å²) in [6.45, 7) is 6.27. The molecule has 1 aromatic rings. The number of ether oxygens (including phenoxy) is 1. The van der Waals surface area contributed by atoms with Crippen LogP contribution in [0.3, 0.4) is 0 Å². The summed E-state index contributed by atoms with van der Waals surface area (Å²) in [5, 5.41) is 0.765. The van der Waals surface area contributed by atoms with Gasteiger partial charge in [0.25, 0.3) is 0 Å². The zero-order valence-electron chi connectivity index (χ0n) is 14.2. The van der Waals surface area contributed by atoms with Crippen LogP contribution in [0.1, 0.15) is 70.0 Å². The monoisotopic (exact) mass is 322 g/mol. The summed E-state index contributed by atoms with van der Waals surface area (Å²) in [4.78, 5) is 0. The van der Waals surface area contributed by atoms with Crippen molar-refractivity contribution in [3.8, 4) is 0 Å². The van der Waals surface area contributed by atoms with Crippen LogP contribution in [-0.2, 0) is 4.74 Å². The first-order valence-electron chi connectivity index (χ1n) is 8.63. The molecule has 124 valence electrons. The fraction of sp³-hybridized carbons (Fsp3) is 0.600. The maximum atomic E-state index is 5.97. The second-order valence-corrected chi connectivity index (χ2v) is 6.45. The van der Waals surface area contributed by atoms with E-state index in [1.807, 2.05) is 18.2 Å². The van der Waals surface area contributed by atoms with Crippen LogP contribution >= 0.6 is 11.6 Å². The molecule has 0 saturated carbocycles. The summed E-state index contributed by atoms with van der Waals surface area (Å²) in [6, 6.07) is 7.96. The van der Waals surface area contributed by atoms with Crippen molar-refractivity contribution in [1.29, 1.82) is 0 Å². The molecule has 22 heavy (non-hydrogen) atoms. The van der Waals surface area contributed by atoms with Crippen molar-refractivity contribution in [2.75, 3.05) is 7.11 Å². The molecule has 0 fully saturated rings. The second kappa shape index (κ2) is 11.7. The van der Waals surface area contributed by atoms with E-state index in [1.165, 1.54) is 50.5 Å². The fourth-order valence-corrected chi connectivity index (χ4v) is 3.07.